The van der Waals surface area contributed by atoms with E-state index in [-0.39, 0.29) is 18.0 Å². The van der Waals surface area contributed by atoms with Crippen molar-refractivity contribution in [1.82, 2.24) is 19.2 Å². The third-order valence-corrected chi connectivity index (χ3v) is 5.89. The van der Waals surface area contributed by atoms with Crippen LogP contribution in [-0.4, -0.2) is 45.5 Å². The van der Waals surface area contributed by atoms with Crippen molar-refractivity contribution in [2.45, 2.75) is 45.2 Å². The number of nitrogens with one attached hydrogen (secondary N) is 1. The number of benzene rings is 1. The van der Waals surface area contributed by atoms with E-state index in [1.807, 2.05) is 0 Å². The van der Waals surface area contributed by atoms with Gasteiger partial charge in [0.15, 0.2) is 0 Å². The molecule has 1 atom stereocenters. The Morgan fingerprint density at radius 3 is 2.90 bits per heavy atom. The van der Waals surface area contributed by atoms with Crippen LogP contribution in [0.15, 0.2) is 41.3 Å². The standard InChI is InChI=1S/C22H27FN4O2/c1-16-6-2-3-11-25(16)12-5-10-24-21(28)15-27-20-14-17(23)8-9-18(20)26-13-4-7-19(26)22(27)29/h4,7-9,13-14,16H,2-3,5-6,10-12,15H2,1H3,(H,24,28)/t16-/m0/s1. The molecule has 1 saturated heterocycles. The molecule has 0 aliphatic carbocycles. The predicted octanol–water partition coefficient (Wildman–Crippen LogP) is 2.77. The number of carbonyl (C=O) groups excluding carboxylic acids is 1. The predicted molar refractivity (Wildman–Crippen MR) is 112 cm³/mol. The lowest BCUT2D eigenvalue weighted by Crippen LogP contribution is -2.39. The third kappa shape index (κ3) is 4.05. The van der Waals surface area contributed by atoms with Gasteiger partial charge in [0.05, 0.1) is 11.0 Å². The maximum absolute atomic E-state index is 13.8. The van der Waals surface area contributed by atoms with Crippen molar-refractivity contribution >= 4 is 22.5 Å². The quantitative estimate of drug-likeness (QED) is 0.650. The first-order valence-corrected chi connectivity index (χ1v) is 10.3. The topological polar surface area (TPSA) is 58.8 Å². The minimum atomic E-state index is -0.437. The van der Waals surface area contributed by atoms with Crippen LogP contribution in [0.2, 0.25) is 0 Å². The molecule has 154 valence electrons. The molecule has 6 nitrogen and oxygen atoms in total. The first kappa shape index (κ1) is 19.6. The fourth-order valence-corrected chi connectivity index (χ4v) is 4.29. The van der Waals surface area contributed by atoms with E-state index < -0.39 is 5.82 Å². The smallest absolute Gasteiger partial charge is 0.275 e. The van der Waals surface area contributed by atoms with Crippen molar-refractivity contribution < 1.29 is 9.18 Å². The molecule has 1 aliphatic heterocycles. The summed E-state index contributed by atoms with van der Waals surface area (Å²) in [6, 6.07) is 8.38. The van der Waals surface area contributed by atoms with Crippen LogP contribution < -0.4 is 10.9 Å². The summed E-state index contributed by atoms with van der Waals surface area (Å²) in [5.41, 5.74) is 1.27. The van der Waals surface area contributed by atoms with Crippen molar-refractivity contribution in [3.05, 3.63) is 52.7 Å². The lowest BCUT2D eigenvalue weighted by molar-refractivity contribution is -0.121. The number of halogens is 1. The third-order valence-electron chi connectivity index (χ3n) is 5.89. The van der Waals surface area contributed by atoms with Crippen molar-refractivity contribution in [2.75, 3.05) is 19.6 Å². The van der Waals surface area contributed by atoms with Gasteiger partial charge in [-0.25, -0.2) is 4.39 Å². The Bertz CT molecular complexity index is 1090. The van der Waals surface area contributed by atoms with Gasteiger partial charge < -0.3 is 14.6 Å². The van der Waals surface area contributed by atoms with Crippen molar-refractivity contribution in [3.63, 3.8) is 0 Å². The lowest BCUT2D eigenvalue weighted by Gasteiger charge is -2.33. The number of rotatable bonds is 6. The highest BCUT2D eigenvalue weighted by atomic mass is 19.1. The number of aromatic nitrogens is 2. The molecule has 0 bridgehead atoms. The van der Waals surface area contributed by atoms with Gasteiger partial charge >= 0.3 is 0 Å². The van der Waals surface area contributed by atoms with E-state index >= 15 is 0 Å². The van der Waals surface area contributed by atoms with Crippen LogP contribution in [0, 0.1) is 5.82 Å². The van der Waals surface area contributed by atoms with Gasteiger partial charge in [-0.15, -0.1) is 0 Å². The van der Waals surface area contributed by atoms with Gasteiger partial charge in [-0.05, 0) is 63.1 Å². The first-order valence-electron chi connectivity index (χ1n) is 10.3. The molecule has 1 aliphatic rings. The van der Waals surface area contributed by atoms with Gasteiger partial charge in [0, 0.05) is 25.3 Å². The summed E-state index contributed by atoms with van der Waals surface area (Å²) in [6.45, 7) is 4.79. The van der Waals surface area contributed by atoms with Crippen molar-refractivity contribution in [3.8, 4) is 0 Å². The maximum Gasteiger partial charge on any atom is 0.275 e. The summed E-state index contributed by atoms with van der Waals surface area (Å²) >= 11 is 0. The summed E-state index contributed by atoms with van der Waals surface area (Å²) in [5, 5.41) is 2.91. The molecule has 2 aromatic heterocycles. The van der Waals surface area contributed by atoms with E-state index in [0.29, 0.717) is 29.1 Å². The second-order valence-electron chi connectivity index (χ2n) is 7.87. The maximum atomic E-state index is 13.8. The number of hydrogen-bond donors (Lipinski definition) is 1. The molecule has 1 fully saturated rings. The van der Waals surface area contributed by atoms with E-state index in [1.165, 1.54) is 36.0 Å². The van der Waals surface area contributed by atoms with Gasteiger partial charge in [0.25, 0.3) is 5.56 Å². The van der Waals surface area contributed by atoms with E-state index in [0.717, 1.165) is 19.5 Å². The SMILES string of the molecule is C[C@H]1CCCCN1CCCNC(=O)Cn1c(=O)c2cccn2c2ccc(F)cc21. The number of likely N-dealkylation sites (tertiary alicyclic amines) is 1. The molecule has 0 radical (unpaired) electrons. The molecule has 3 aromatic rings. The van der Waals surface area contributed by atoms with Gasteiger partial charge in [0.1, 0.15) is 17.9 Å². The number of fused-ring (bicyclic) bond motifs is 3. The molecule has 3 heterocycles. The number of nitrogens with zero attached hydrogens (tertiary/aromatic N) is 3. The Labute approximate surface area is 168 Å². The molecule has 1 amide bonds. The molecule has 29 heavy (non-hydrogen) atoms. The molecular weight excluding hydrogens is 371 g/mol. The number of hydrogen-bond acceptors (Lipinski definition) is 3. The van der Waals surface area contributed by atoms with Crippen LogP contribution in [0.3, 0.4) is 0 Å². The van der Waals surface area contributed by atoms with Crippen LogP contribution >= 0.6 is 0 Å². The molecule has 1 aromatic carbocycles. The summed E-state index contributed by atoms with van der Waals surface area (Å²) in [6.07, 6.45) is 6.41. The zero-order valence-electron chi connectivity index (χ0n) is 16.7. The molecule has 0 unspecified atom stereocenters. The Balaban J connectivity index is 1.45. The minimum absolute atomic E-state index is 0.124. The monoisotopic (exact) mass is 398 g/mol. The Kier molecular flexibility index (Phi) is 5.67. The van der Waals surface area contributed by atoms with Crippen LogP contribution in [0.4, 0.5) is 4.39 Å². The van der Waals surface area contributed by atoms with E-state index in [1.54, 1.807) is 28.8 Å². The molecule has 7 heteroatoms. The first-order chi connectivity index (χ1) is 14.0. The van der Waals surface area contributed by atoms with Gasteiger partial charge in [0.2, 0.25) is 5.91 Å². The van der Waals surface area contributed by atoms with E-state index in [4.69, 9.17) is 0 Å². The van der Waals surface area contributed by atoms with E-state index in [2.05, 4.69) is 17.1 Å². The van der Waals surface area contributed by atoms with Gasteiger partial charge in [-0.2, -0.15) is 0 Å². The molecule has 1 N–H and O–H groups in total. The number of amides is 1. The Hall–Kier alpha value is -2.67. The van der Waals surface area contributed by atoms with Crippen LogP contribution in [-0.2, 0) is 11.3 Å². The average molecular weight is 398 g/mol. The largest absolute Gasteiger partial charge is 0.355 e. The van der Waals surface area contributed by atoms with Crippen LogP contribution in [0.25, 0.3) is 16.6 Å². The highest BCUT2D eigenvalue weighted by molar-refractivity contribution is 5.82. The van der Waals surface area contributed by atoms with Crippen molar-refractivity contribution in [1.29, 1.82) is 0 Å². The molecule has 4 rings (SSSR count). The van der Waals surface area contributed by atoms with Crippen LogP contribution in [0.5, 0.6) is 0 Å². The highest BCUT2D eigenvalue weighted by Crippen LogP contribution is 2.17. The second-order valence-corrected chi connectivity index (χ2v) is 7.87. The van der Waals surface area contributed by atoms with Gasteiger partial charge in [-0.3, -0.25) is 14.2 Å². The highest BCUT2D eigenvalue weighted by Gasteiger charge is 2.18. The van der Waals surface area contributed by atoms with Crippen LogP contribution in [0.1, 0.15) is 32.6 Å². The van der Waals surface area contributed by atoms with E-state index in [9.17, 15) is 14.0 Å². The van der Waals surface area contributed by atoms with Gasteiger partial charge in [-0.1, -0.05) is 6.42 Å². The summed E-state index contributed by atoms with van der Waals surface area (Å²) in [4.78, 5) is 27.8. The lowest BCUT2D eigenvalue weighted by atomic mass is 10.0. The summed E-state index contributed by atoms with van der Waals surface area (Å²) in [5.74, 6) is -0.673. The Morgan fingerprint density at radius 2 is 2.07 bits per heavy atom. The molecular formula is C22H27FN4O2. The fraction of sp³-hybridized carbons (Fsp3) is 0.455. The molecule has 0 saturated carbocycles. The number of carbonyl (C=O) groups is 1. The summed E-state index contributed by atoms with van der Waals surface area (Å²) in [7, 11) is 0. The average Bonchev–Trinajstić information content (AvgIpc) is 3.20. The number of piperidine rings is 1. The Morgan fingerprint density at radius 1 is 1.21 bits per heavy atom. The zero-order valence-corrected chi connectivity index (χ0v) is 16.7. The zero-order chi connectivity index (χ0) is 20.4. The second kappa shape index (κ2) is 8.37. The molecule has 0 spiro atoms. The normalized spacial score (nSPS) is 17.8. The van der Waals surface area contributed by atoms with Crippen molar-refractivity contribution in [2.24, 2.45) is 0 Å². The summed E-state index contributed by atoms with van der Waals surface area (Å²) < 4.78 is 16.9. The fourth-order valence-electron chi connectivity index (χ4n) is 4.29. The minimum Gasteiger partial charge on any atom is -0.355 e.